The van der Waals surface area contributed by atoms with Gasteiger partial charge in [-0.2, -0.15) is 0 Å². The summed E-state index contributed by atoms with van der Waals surface area (Å²) in [6.45, 7) is 7.84. The van der Waals surface area contributed by atoms with E-state index < -0.39 is 0 Å². The van der Waals surface area contributed by atoms with Crippen LogP contribution in [0.4, 0.5) is 5.95 Å². The van der Waals surface area contributed by atoms with Crippen molar-refractivity contribution in [2.24, 2.45) is 0 Å². The molecule has 0 amide bonds. The van der Waals surface area contributed by atoms with E-state index in [1.807, 2.05) is 36.5 Å². The van der Waals surface area contributed by atoms with Crippen molar-refractivity contribution in [1.29, 1.82) is 0 Å². The lowest BCUT2D eigenvalue weighted by Gasteiger charge is -2.20. The van der Waals surface area contributed by atoms with E-state index in [4.69, 9.17) is 4.42 Å². The Morgan fingerprint density at radius 2 is 1.95 bits per heavy atom. The molecule has 0 aliphatic heterocycles. The Morgan fingerprint density at radius 3 is 2.50 bits per heavy atom. The van der Waals surface area contributed by atoms with Crippen molar-refractivity contribution in [1.82, 2.24) is 15.3 Å². The number of furan rings is 1. The van der Waals surface area contributed by atoms with Crippen LogP contribution in [0.1, 0.15) is 32.1 Å². The number of rotatable bonds is 5. The molecule has 0 bridgehead atoms. The summed E-state index contributed by atoms with van der Waals surface area (Å²) in [4.78, 5) is 10.7. The smallest absolute Gasteiger partial charge is 0.225 e. The number of nitrogens with one attached hydrogen (secondary N) is 1. The molecule has 0 fully saturated rings. The van der Waals surface area contributed by atoms with E-state index in [0.29, 0.717) is 12.5 Å². The second-order valence-electron chi connectivity index (χ2n) is 5.93. The van der Waals surface area contributed by atoms with Crippen molar-refractivity contribution < 1.29 is 4.42 Å². The molecule has 2 aromatic rings. The molecular weight excluding hydrogens is 252 g/mol. The van der Waals surface area contributed by atoms with E-state index in [1.54, 1.807) is 6.26 Å². The average Bonchev–Trinajstić information content (AvgIpc) is 2.89. The molecule has 0 radical (unpaired) electrons. The molecule has 5 heteroatoms. The van der Waals surface area contributed by atoms with E-state index in [-0.39, 0.29) is 5.54 Å². The zero-order valence-electron chi connectivity index (χ0n) is 12.6. The van der Waals surface area contributed by atoms with Gasteiger partial charge in [-0.25, -0.2) is 9.97 Å². The summed E-state index contributed by atoms with van der Waals surface area (Å²) in [6, 6.07) is 3.82. The molecular formula is C15H22N4O. The fraction of sp³-hybridized carbons (Fsp3) is 0.467. The van der Waals surface area contributed by atoms with Crippen LogP contribution < -0.4 is 10.2 Å². The standard InChI is InChI=1S/C15H22N4O/c1-15(2,3)18-10-12-8-16-14(17-9-12)19(4)11-13-6-5-7-20-13/h5-9,18H,10-11H2,1-4H3. The fourth-order valence-electron chi connectivity index (χ4n) is 1.71. The molecule has 20 heavy (non-hydrogen) atoms. The predicted octanol–water partition coefficient (Wildman–Crippen LogP) is 2.59. The van der Waals surface area contributed by atoms with Crippen molar-refractivity contribution >= 4 is 5.95 Å². The van der Waals surface area contributed by atoms with Crippen LogP contribution in [0.15, 0.2) is 35.2 Å². The number of anilines is 1. The number of nitrogens with zero attached hydrogens (tertiary/aromatic N) is 3. The minimum absolute atomic E-state index is 0.0920. The Balaban J connectivity index is 1.93. The van der Waals surface area contributed by atoms with Gasteiger partial charge in [-0.1, -0.05) is 0 Å². The Morgan fingerprint density at radius 1 is 1.25 bits per heavy atom. The fourth-order valence-corrected chi connectivity index (χ4v) is 1.71. The van der Waals surface area contributed by atoms with E-state index in [2.05, 4.69) is 36.1 Å². The van der Waals surface area contributed by atoms with Crippen LogP contribution in [-0.4, -0.2) is 22.6 Å². The van der Waals surface area contributed by atoms with E-state index in [0.717, 1.165) is 17.9 Å². The predicted molar refractivity (Wildman–Crippen MR) is 79.4 cm³/mol. The van der Waals surface area contributed by atoms with E-state index in [9.17, 15) is 0 Å². The van der Waals surface area contributed by atoms with Crippen molar-refractivity contribution in [3.8, 4) is 0 Å². The molecule has 0 saturated heterocycles. The molecule has 0 atom stereocenters. The minimum Gasteiger partial charge on any atom is -0.467 e. The highest BCUT2D eigenvalue weighted by Crippen LogP contribution is 2.11. The summed E-state index contributed by atoms with van der Waals surface area (Å²) in [6.07, 6.45) is 5.39. The van der Waals surface area contributed by atoms with Crippen molar-refractivity contribution in [3.05, 3.63) is 42.1 Å². The first-order chi connectivity index (χ1) is 9.44. The van der Waals surface area contributed by atoms with Crippen molar-refractivity contribution in [3.63, 3.8) is 0 Å². The van der Waals surface area contributed by atoms with Gasteiger partial charge in [0.25, 0.3) is 0 Å². The molecule has 2 heterocycles. The molecule has 0 aliphatic rings. The molecule has 0 aliphatic carbocycles. The maximum absolute atomic E-state index is 5.32. The first-order valence-corrected chi connectivity index (χ1v) is 6.73. The summed E-state index contributed by atoms with van der Waals surface area (Å²) >= 11 is 0. The third-order valence-corrected chi connectivity index (χ3v) is 2.83. The summed E-state index contributed by atoms with van der Waals surface area (Å²) < 4.78 is 5.32. The molecule has 2 aromatic heterocycles. The summed E-state index contributed by atoms with van der Waals surface area (Å²) in [5.74, 6) is 1.59. The van der Waals surface area contributed by atoms with Gasteiger partial charge in [0.05, 0.1) is 12.8 Å². The maximum Gasteiger partial charge on any atom is 0.225 e. The van der Waals surface area contributed by atoms with Gasteiger partial charge in [0, 0.05) is 37.1 Å². The topological polar surface area (TPSA) is 54.2 Å². The van der Waals surface area contributed by atoms with Gasteiger partial charge in [-0.05, 0) is 32.9 Å². The summed E-state index contributed by atoms with van der Waals surface area (Å²) in [5, 5.41) is 3.41. The highest BCUT2D eigenvalue weighted by Gasteiger charge is 2.10. The third kappa shape index (κ3) is 4.35. The Hall–Kier alpha value is -1.88. The lowest BCUT2D eigenvalue weighted by molar-refractivity contribution is 0.423. The molecule has 0 aromatic carbocycles. The molecule has 1 N–H and O–H groups in total. The molecule has 5 nitrogen and oxygen atoms in total. The second-order valence-corrected chi connectivity index (χ2v) is 5.93. The van der Waals surface area contributed by atoms with Crippen LogP contribution in [0.2, 0.25) is 0 Å². The third-order valence-electron chi connectivity index (χ3n) is 2.83. The van der Waals surface area contributed by atoms with Crippen molar-refractivity contribution in [2.75, 3.05) is 11.9 Å². The molecule has 2 rings (SSSR count). The zero-order chi connectivity index (χ0) is 14.6. The van der Waals surface area contributed by atoms with Gasteiger partial charge in [-0.3, -0.25) is 0 Å². The van der Waals surface area contributed by atoms with Crippen LogP contribution in [0, 0.1) is 0 Å². The quantitative estimate of drug-likeness (QED) is 0.908. The monoisotopic (exact) mass is 274 g/mol. The van der Waals surface area contributed by atoms with Crippen LogP contribution in [0.5, 0.6) is 0 Å². The Kier molecular flexibility index (Phi) is 4.39. The van der Waals surface area contributed by atoms with Gasteiger partial charge in [0.2, 0.25) is 5.95 Å². The lowest BCUT2D eigenvalue weighted by atomic mass is 10.1. The zero-order valence-corrected chi connectivity index (χ0v) is 12.6. The van der Waals surface area contributed by atoms with Gasteiger partial charge in [-0.15, -0.1) is 0 Å². The van der Waals surface area contributed by atoms with Gasteiger partial charge >= 0.3 is 0 Å². The average molecular weight is 274 g/mol. The Labute approximate surface area is 120 Å². The van der Waals surface area contributed by atoms with E-state index in [1.165, 1.54) is 0 Å². The van der Waals surface area contributed by atoms with E-state index >= 15 is 0 Å². The normalized spacial score (nSPS) is 11.6. The van der Waals surface area contributed by atoms with Crippen LogP contribution in [-0.2, 0) is 13.1 Å². The second kappa shape index (κ2) is 6.05. The summed E-state index contributed by atoms with van der Waals surface area (Å²) in [5.41, 5.74) is 1.17. The summed E-state index contributed by atoms with van der Waals surface area (Å²) in [7, 11) is 1.95. The molecule has 108 valence electrons. The first-order valence-electron chi connectivity index (χ1n) is 6.73. The molecule has 0 spiro atoms. The largest absolute Gasteiger partial charge is 0.467 e. The number of aromatic nitrogens is 2. The van der Waals surface area contributed by atoms with Gasteiger partial charge in [0.1, 0.15) is 5.76 Å². The molecule has 0 unspecified atom stereocenters. The van der Waals surface area contributed by atoms with Crippen LogP contribution >= 0.6 is 0 Å². The Bertz CT molecular complexity index is 514. The van der Waals surface area contributed by atoms with Gasteiger partial charge < -0.3 is 14.6 Å². The number of hydrogen-bond donors (Lipinski definition) is 1. The minimum atomic E-state index is 0.0920. The van der Waals surface area contributed by atoms with Gasteiger partial charge in [0.15, 0.2) is 0 Å². The SMILES string of the molecule is CN(Cc1ccco1)c1ncc(CNC(C)(C)C)cn1. The van der Waals surface area contributed by atoms with Crippen LogP contribution in [0.25, 0.3) is 0 Å². The first kappa shape index (κ1) is 14.5. The van der Waals surface area contributed by atoms with Crippen molar-refractivity contribution in [2.45, 2.75) is 39.4 Å². The highest BCUT2D eigenvalue weighted by molar-refractivity contribution is 5.29. The molecule has 0 saturated carbocycles. The lowest BCUT2D eigenvalue weighted by Crippen LogP contribution is -2.35. The highest BCUT2D eigenvalue weighted by atomic mass is 16.3. The number of hydrogen-bond acceptors (Lipinski definition) is 5. The maximum atomic E-state index is 5.32. The van der Waals surface area contributed by atoms with Crippen LogP contribution in [0.3, 0.4) is 0 Å².